The van der Waals surface area contributed by atoms with E-state index in [0.29, 0.717) is 33.9 Å². The van der Waals surface area contributed by atoms with Crippen LogP contribution in [-0.4, -0.2) is 50.3 Å². The van der Waals surface area contributed by atoms with E-state index in [1.54, 1.807) is 19.3 Å². The van der Waals surface area contributed by atoms with Crippen LogP contribution in [-0.2, 0) is 22.6 Å². The Morgan fingerprint density at radius 2 is 1.91 bits per heavy atom. The smallest absolute Gasteiger partial charge is 0.295 e. The largest absolute Gasteiger partial charge is 0.598 e. The van der Waals surface area contributed by atoms with E-state index in [2.05, 4.69) is 47.8 Å². The molecule has 0 unspecified atom stereocenters. The van der Waals surface area contributed by atoms with Crippen molar-refractivity contribution in [2.75, 3.05) is 36.5 Å². The molecule has 10 nitrogen and oxygen atoms in total. The van der Waals surface area contributed by atoms with Gasteiger partial charge in [0.2, 0.25) is 0 Å². The number of aromatic nitrogens is 3. The Morgan fingerprint density at radius 3 is 2.59 bits per heavy atom. The topological polar surface area (TPSA) is 158 Å². The average molecular weight is 674 g/mol. The van der Waals surface area contributed by atoms with Crippen LogP contribution in [0.25, 0.3) is 0 Å². The van der Waals surface area contributed by atoms with Crippen molar-refractivity contribution in [1.29, 1.82) is 0 Å². The molecular formula is C30H34Cl2N8O2S2. The van der Waals surface area contributed by atoms with Crippen LogP contribution in [0.4, 0.5) is 17.5 Å². The van der Waals surface area contributed by atoms with Crippen molar-refractivity contribution in [3.05, 3.63) is 57.3 Å². The maximum absolute atomic E-state index is 13.4. The van der Waals surface area contributed by atoms with Gasteiger partial charge in [-0.1, -0.05) is 47.0 Å². The van der Waals surface area contributed by atoms with Crippen molar-refractivity contribution in [3.63, 3.8) is 0 Å². The van der Waals surface area contributed by atoms with Gasteiger partial charge in [-0.25, -0.2) is 15.0 Å². The number of nitrogen functional groups attached to an aromatic ring is 2. The van der Waals surface area contributed by atoms with Crippen molar-refractivity contribution in [1.82, 2.24) is 25.0 Å². The van der Waals surface area contributed by atoms with Gasteiger partial charge < -0.3 is 26.2 Å². The number of halogens is 2. The van der Waals surface area contributed by atoms with Gasteiger partial charge in [-0.2, -0.15) is 0 Å². The van der Waals surface area contributed by atoms with Crippen molar-refractivity contribution >= 4 is 69.7 Å². The van der Waals surface area contributed by atoms with E-state index in [4.69, 9.17) is 34.7 Å². The first-order valence-corrected chi connectivity index (χ1v) is 16.7. The summed E-state index contributed by atoms with van der Waals surface area (Å²) in [5, 5.41) is 3.51. The minimum absolute atomic E-state index is 0.163. The molecule has 0 saturated carbocycles. The lowest BCUT2D eigenvalue weighted by atomic mass is 9.73. The van der Waals surface area contributed by atoms with Gasteiger partial charge in [0, 0.05) is 59.5 Å². The maximum Gasteiger partial charge on any atom is 0.295 e. The second kappa shape index (κ2) is 12.8. The Bertz CT molecular complexity index is 1650. The van der Waals surface area contributed by atoms with Gasteiger partial charge >= 0.3 is 0 Å². The third-order valence-electron chi connectivity index (χ3n) is 7.92. The summed E-state index contributed by atoms with van der Waals surface area (Å²) in [7, 11) is 1.55. The Labute approximate surface area is 274 Å². The number of carbonyl (C=O) groups is 1. The monoisotopic (exact) mass is 672 g/mol. The number of nitrogens with zero attached hydrogens (tertiary/aromatic N) is 4. The van der Waals surface area contributed by atoms with Gasteiger partial charge in [0.1, 0.15) is 15.6 Å². The summed E-state index contributed by atoms with van der Waals surface area (Å²) in [5.41, 5.74) is 15.0. The van der Waals surface area contributed by atoms with Crippen LogP contribution in [0.5, 0.6) is 0 Å². The molecule has 1 aliphatic heterocycles. The highest BCUT2D eigenvalue weighted by atomic mass is 35.5. The van der Waals surface area contributed by atoms with Gasteiger partial charge in [0.15, 0.2) is 16.8 Å². The van der Waals surface area contributed by atoms with Crippen LogP contribution in [0.2, 0.25) is 10.2 Å². The van der Waals surface area contributed by atoms with Crippen molar-refractivity contribution in [3.8, 4) is 11.8 Å². The molecule has 2 aliphatic rings. The normalized spacial score (nSPS) is 18.0. The lowest BCUT2D eigenvalue weighted by Gasteiger charge is -2.44. The van der Waals surface area contributed by atoms with E-state index in [1.165, 1.54) is 17.3 Å². The van der Waals surface area contributed by atoms with Crippen LogP contribution in [0.15, 0.2) is 40.4 Å². The molecule has 6 N–H and O–H groups in total. The summed E-state index contributed by atoms with van der Waals surface area (Å²) in [5.74, 6) is 6.19. The first-order valence-electron chi connectivity index (χ1n) is 14.0. The highest BCUT2D eigenvalue weighted by molar-refractivity contribution is 7.99. The Kier molecular flexibility index (Phi) is 9.47. The molecule has 0 bridgehead atoms. The number of pyridine rings is 1. The zero-order valence-electron chi connectivity index (χ0n) is 24.8. The zero-order valence-corrected chi connectivity index (χ0v) is 28.0. The molecule has 14 heteroatoms. The summed E-state index contributed by atoms with van der Waals surface area (Å²) in [6.07, 6.45) is 3.97. The van der Waals surface area contributed by atoms with Gasteiger partial charge in [-0.3, -0.25) is 4.79 Å². The van der Waals surface area contributed by atoms with E-state index in [0.717, 1.165) is 30.4 Å². The van der Waals surface area contributed by atoms with Crippen LogP contribution >= 0.6 is 35.0 Å². The average Bonchev–Trinajstić information content (AvgIpc) is 3.27. The Morgan fingerprint density at radius 1 is 1.18 bits per heavy atom. The van der Waals surface area contributed by atoms with Crippen LogP contribution in [0, 0.1) is 17.3 Å². The number of anilines is 3. The third kappa shape index (κ3) is 6.68. The second-order valence-electron chi connectivity index (χ2n) is 11.8. The highest BCUT2D eigenvalue weighted by Gasteiger charge is 2.50. The third-order valence-corrected chi connectivity index (χ3v) is 11.3. The van der Waals surface area contributed by atoms with Gasteiger partial charge in [-0.05, 0) is 69.4 Å². The first kappa shape index (κ1) is 32.5. The van der Waals surface area contributed by atoms with Crippen LogP contribution < -0.4 is 26.4 Å². The minimum atomic E-state index is -1.30. The van der Waals surface area contributed by atoms with Crippen molar-refractivity contribution in [2.24, 2.45) is 5.41 Å². The predicted molar refractivity (Wildman–Crippen MR) is 178 cm³/mol. The molecule has 2 aromatic heterocycles. The standard InChI is InChI=1S/C30H34Cl2N8O2S2/c1-29(2,3)44(42)39-23-19-15-17(6-8-21(41)35-4)5-7-18(19)16-30(23)10-13-40(14-11-30)27-24(32)37-28(26(34)38-27)43-20-9-12-36-25(33)22(20)31/h5,7,9,12,15,23,39H,10-11,13-14,16H2,1-4H3,(H2,33,36)(H2,34,38)(H,35,41)/t23-,44-/m1/s1. The fourth-order valence-corrected chi connectivity index (χ4v) is 7.80. The summed E-state index contributed by atoms with van der Waals surface area (Å²) < 4.78 is 16.4. The van der Waals surface area contributed by atoms with E-state index in [-0.39, 0.29) is 34.2 Å². The lowest BCUT2D eigenvalue weighted by Crippen LogP contribution is -2.50. The number of piperidine rings is 1. The maximum atomic E-state index is 13.4. The fraction of sp³-hybridized carbons (Fsp3) is 0.400. The predicted octanol–water partition coefficient (Wildman–Crippen LogP) is 4.53. The summed E-state index contributed by atoms with van der Waals surface area (Å²) >= 11 is 12.9. The van der Waals surface area contributed by atoms with Gasteiger partial charge in [0.05, 0.1) is 11.1 Å². The van der Waals surface area contributed by atoms with Gasteiger partial charge in [0.25, 0.3) is 5.91 Å². The molecule has 1 fully saturated rings. The summed E-state index contributed by atoms with van der Waals surface area (Å²) in [6, 6.07) is 7.59. The molecule has 5 rings (SSSR count). The molecule has 2 atom stereocenters. The van der Waals surface area contributed by atoms with E-state index < -0.39 is 16.1 Å². The molecule has 232 valence electrons. The number of carbonyl (C=O) groups excluding carboxylic acids is 1. The van der Waals surface area contributed by atoms with E-state index in [9.17, 15) is 9.35 Å². The van der Waals surface area contributed by atoms with Gasteiger partial charge in [-0.15, -0.1) is 4.72 Å². The van der Waals surface area contributed by atoms with Crippen molar-refractivity contribution < 1.29 is 9.35 Å². The van der Waals surface area contributed by atoms with Crippen molar-refractivity contribution in [2.45, 2.75) is 60.7 Å². The number of hydrogen-bond acceptors (Lipinski definition) is 10. The summed E-state index contributed by atoms with van der Waals surface area (Å²) in [4.78, 5) is 27.6. The van der Waals surface area contributed by atoms with Crippen LogP contribution in [0.3, 0.4) is 0 Å². The number of rotatable bonds is 5. The molecule has 1 amide bonds. The molecule has 3 heterocycles. The molecule has 1 aliphatic carbocycles. The van der Waals surface area contributed by atoms with E-state index >= 15 is 0 Å². The zero-order chi connectivity index (χ0) is 31.8. The number of fused-ring (bicyclic) bond motifs is 1. The molecular weight excluding hydrogens is 639 g/mol. The second-order valence-corrected chi connectivity index (χ2v) is 15.6. The van der Waals surface area contributed by atoms with E-state index in [1.807, 2.05) is 32.9 Å². The Balaban J connectivity index is 1.39. The minimum Gasteiger partial charge on any atom is -0.598 e. The highest BCUT2D eigenvalue weighted by Crippen LogP contribution is 2.53. The molecule has 1 saturated heterocycles. The molecule has 3 aromatic rings. The Hall–Kier alpha value is -2.92. The quantitative estimate of drug-likeness (QED) is 0.224. The first-order chi connectivity index (χ1) is 20.8. The number of nitrogens with one attached hydrogen (secondary N) is 2. The molecule has 44 heavy (non-hydrogen) atoms. The fourth-order valence-electron chi connectivity index (χ4n) is 5.51. The number of hydrogen-bond donors (Lipinski definition) is 4. The summed E-state index contributed by atoms with van der Waals surface area (Å²) in [6.45, 7) is 7.18. The number of amides is 1. The molecule has 1 aromatic carbocycles. The number of nitrogens with two attached hydrogens (primary N) is 2. The molecule has 1 spiro atoms. The number of benzene rings is 1. The molecule has 0 radical (unpaired) electrons. The SMILES string of the molecule is CNC(=O)C#Cc1ccc2c(c1)[C@@H](N[S@+]([O-])C(C)(C)C)C1(CCN(c3nc(N)c(Sc4ccnc(N)c4Cl)nc3Cl)CC1)C2. The van der Waals surface area contributed by atoms with Crippen LogP contribution in [0.1, 0.15) is 56.3 Å². The lowest BCUT2D eigenvalue weighted by molar-refractivity contribution is -0.115.